The van der Waals surface area contributed by atoms with E-state index in [1.165, 1.54) is 6.92 Å². The Balaban J connectivity index is 0.000000921. The Bertz CT molecular complexity index is 324. The van der Waals surface area contributed by atoms with Crippen LogP contribution in [0.25, 0.3) is 0 Å². The first-order chi connectivity index (χ1) is 7.00. The molecule has 1 aromatic rings. The van der Waals surface area contributed by atoms with Gasteiger partial charge in [0.1, 0.15) is 5.69 Å². The number of nitrogen functional groups attached to an aromatic ring is 1. The third-order valence-corrected chi connectivity index (χ3v) is 1.74. The summed E-state index contributed by atoms with van der Waals surface area (Å²) in [5.74, 6) is -4.00. The summed E-state index contributed by atoms with van der Waals surface area (Å²) in [6, 6.07) is 0. The van der Waals surface area contributed by atoms with Gasteiger partial charge in [0.15, 0.2) is 23.2 Å². The molecule has 2 N–H and O–H groups in total. The summed E-state index contributed by atoms with van der Waals surface area (Å²) in [5, 5.41) is 0. The zero-order chi connectivity index (χ0) is 12.2. The molecule has 0 saturated heterocycles. The van der Waals surface area contributed by atoms with Crippen LogP contribution >= 0.6 is 0 Å². The van der Waals surface area contributed by atoms with E-state index in [4.69, 9.17) is 5.73 Å². The summed E-state index contributed by atoms with van der Waals surface area (Å²) in [5.41, 5.74) is 3.87. The van der Waals surface area contributed by atoms with E-state index in [1.54, 1.807) is 0 Å². The first kappa shape index (κ1) is 13.6. The lowest BCUT2D eigenvalue weighted by atomic mass is 10.1. The van der Waals surface area contributed by atoms with E-state index >= 15 is 0 Å². The number of benzene rings is 1. The molecule has 0 fully saturated rings. The first-order valence-electron chi connectivity index (χ1n) is 4.47. The van der Waals surface area contributed by atoms with Gasteiger partial charge in [0, 0.05) is 5.56 Å². The second-order valence-electron chi connectivity index (χ2n) is 2.51. The van der Waals surface area contributed by atoms with E-state index in [-0.39, 0.29) is 11.3 Å². The zero-order valence-electron chi connectivity index (χ0n) is 9.12. The minimum atomic E-state index is -1.38. The summed E-state index contributed by atoms with van der Waals surface area (Å²) >= 11 is 0. The third kappa shape index (κ3) is 2.34. The molecule has 1 rings (SSSR count). The van der Waals surface area contributed by atoms with Crippen molar-refractivity contribution in [2.75, 3.05) is 12.8 Å². The summed E-state index contributed by atoms with van der Waals surface area (Å²) in [6.07, 6.45) is 0. The molecule has 0 spiro atoms. The number of halogens is 3. The molecule has 15 heavy (non-hydrogen) atoms. The van der Waals surface area contributed by atoms with Crippen LogP contribution in [-0.2, 0) is 0 Å². The van der Waals surface area contributed by atoms with Gasteiger partial charge in [-0.25, -0.2) is 13.2 Å². The van der Waals surface area contributed by atoms with Gasteiger partial charge in [-0.3, -0.25) is 0 Å². The normalized spacial score (nSPS) is 9.27. The molecule has 0 radical (unpaired) electrons. The standard InChI is InChI=1S/C8H8F3NO.C2H6/c1-3-4(9)5(10)7(12)6(11)8(3)13-2;1-2/h12H2,1-2H3;1-2H3. The minimum absolute atomic E-state index is 0.230. The number of anilines is 1. The Morgan fingerprint density at radius 2 is 1.47 bits per heavy atom. The van der Waals surface area contributed by atoms with Crippen LogP contribution in [0.3, 0.4) is 0 Å². The molecule has 0 unspecified atom stereocenters. The highest BCUT2D eigenvalue weighted by Crippen LogP contribution is 2.31. The highest BCUT2D eigenvalue weighted by molar-refractivity contribution is 5.52. The predicted molar refractivity (Wildman–Crippen MR) is 53.4 cm³/mol. The second kappa shape index (κ2) is 5.48. The summed E-state index contributed by atoms with van der Waals surface area (Å²) < 4.78 is 43.3. The lowest BCUT2D eigenvalue weighted by molar-refractivity contribution is 0.373. The van der Waals surface area contributed by atoms with Gasteiger partial charge in [0.25, 0.3) is 0 Å². The van der Waals surface area contributed by atoms with Gasteiger partial charge in [0.05, 0.1) is 7.11 Å². The van der Waals surface area contributed by atoms with Crippen molar-refractivity contribution in [2.24, 2.45) is 0 Å². The topological polar surface area (TPSA) is 35.2 Å². The van der Waals surface area contributed by atoms with E-state index in [0.717, 1.165) is 7.11 Å². The highest BCUT2D eigenvalue weighted by atomic mass is 19.2. The van der Waals surface area contributed by atoms with Gasteiger partial charge in [-0.05, 0) is 6.92 Å². The molecule has 0 amide bonds. The molecule has 0 aliphatic carbocycles. The molecule has 1 aromatic carbocycles. The maximum absolute atomic E-state index is 13.0. The fraction of sp³-hybridized carbons (Fsp3) is 0.400. The lowest BCUT2D eigenvalue weighted by Crippen LogP contribution is -2.04. The van der Waals surface area contributed by atoms with Gasteiger partial charge in [-0.15, -0.1) is 0 Å². The Morgan fingerprint density at radius 3 is 1.87 bits per heavy atom. The van der Waals surface area contributed by atoms with Crippen molar-refractivity contribution >= 4 is 5.69 Å². The molecule has 0 atom stereocenters. The van der Waals surface area contributed by atoms with Crippen LogP contribution in [0.2, 0.25) is 0 Å². The van der Waals surface area contributed by atoms with Crippen molar-refractivity contribution in [2.45, 2.75) is 20.8 Å². The molecule has 0 heterocycles. The molecule has 0 aliphatic rings. The fourth-order valence-corrected chi connectivity index (χ4v) is 1.01. The van der Waals surface area contributed by atoms with E-state index in [1.807, 2.05) is 13.8 Å². The number of hydrogen-bond acceptors (Lipinski definition) is 2. The van der Waals surface area contributed by atoms with Crippen molar-refractivity contribution in [3.05, 3.63) is 23.0 Å². The molecule has 0 bridgehead atoms. The SMILES string of the molecule is CC.COc1c(C)c(F)c(F)c(N)c1F. The maximum Gasteiger partial charge on any atom is 0.191 e. The van der Waals surface area contributed by atoms with Crippen molar-refractivity contribution in [1.82, 2.24) is 0 Å². The lowest BCUT2D eigenvalue weighted by Gasteiger charge is -2.09. The highest BCUT2D eigenvalue weighted by Gasteiger charge is 2.21. The smallest absolute Gasteiger partial charge is 0.191 e. The first-order valence-corrected chi connectivity index (χ1v) is 4.47. The van der Waals surface area contributed by atoms with Crippen LogP contribution in [0.4, 0.5) is 18.9 Å². The Kier molecular flexibility index (Phi) is 4.97. The predicted octanol–water partition coefficient (Wildman–Crippen LogP) is 3.03. The number of ether oxygens (including phenoxy) is 1. The van der Waals surface area contributed by atoms with Crippen molar-refractivity contribution < 1.29 is 17.9 Å². The largest absolute Gasteiger partial charge is 0.493 e. The van der Waals surface area contributed by atoms with Crippen LogP contribution < -0.4 is 10.5 Å². The van der Waals surface area contributed by atoms with Gasteiger partial charge < -0.3 is 10.5 Å². The van der Waals surface area contributed by atoms with Crippen LogP contribution in [-0.4, -0.2) is 7.11 Å². The van der Waals surface area contributed by atoms with Crippen molar-refractivity contribution in [3.63, 3.8) is 0 Å². The van der Waals surface area contributed by atoms with Crippen LogP contribution in [0, 0.1) is 24.4 Å². The second-order valence-corrected chi connectivity index (χ2v) is 2.51. The number of rotatable bonds is 1. The monoisotopic (exact) mass is 221 g/mol. The minimum Gasteiger partial charge on any atom is -0.493 e. The van der Waals surface area contributed by atoms with E-state index in [2.05, 4.69) is 4.74 Å². The average Bonchev–Trinajstić information content (AvgIpc) is 2.27. The van der Waals surface area contributed by atoms with Gasteiger partial charge in [-0.2, -0.15) is 0 Å². The van der Waals surface area contributed by atoms with Crippen molar-refractivity contribution in [1.29, 1.82) is 0 Å². The summed E-state index contributed by atoms with van der Waals surface area (Å²) in [6.45, 7) is 5.21. The number of hydrogen-bond donors (Lipinski definition) is 1. The average molecular weight is 221 g/mol. The number of methoxy groups -OCH3 is 1. The molecule has 0 saturated carbocycles. The van der Waals surface area contributed by atoms with Crippen LogP contribution in [0.5, 0.6) is 5.75 Å². The maximum atomic E-state index is 13.0. The van der Waals surface area contributed by atoms with Crippen molar-refractivity contribution in [3.8, 4) is 5.75 Å². The fourth-order valence-electron chi connectivity index (χ4n) is 1.01. The Morgan fingerprint density at radius 1 is 1.00 bits per heavy atom. The molecule has 5 heteroatoms. The molecule has 0 aliphatic heterocycles. The summed E-state index contributed by atoms with van der Waals surface area (Å²) in [7, 11) is 1.15. The molecule has 2 nitrogen and oxygen atoms in total. The Labute approximate surface area is 86.8 Å². The number of nitrogens with two attached hydrogens (primary N) is 1. The van der Waals surface area contributed by atoms with Crippen LogP contribution in [0.15, 0.2) is 0 Å². The third-order valence-electron chi connectivity index (χ3n) is 1.74. The van der Waals surface area contributed by atoms with E-state index in [0.29, 0.717) is 0 Å². The molecule has 0 aromatic heterocycles. The molecular formula is C10H14F3NO. The zero-order valence-corrected chi connectivity index (χ0v) is 9.12. The van der Waals surface area contributed by atoms with E-state index in [9.17, 15) is 13.2 Å². The molecule has 86 valence electrons. The van der Waals surface area contributed by atoms with Gasteiger partial charge in [0.2, 0.25) is 0 Å². The Hall–Kier alpha value is -1.39. The quantitative estimate of drug-likeness (QED) is 0.584. The van der Waals surface area contributed by atoms with Gasteiger partial charge in [-0.1, -0.05) is 13.8 Å². The van der Waals surface area contributed by atoms with Crippen LogP contribution in [0.1, 0.15) is 19.4 Å². The molecular weight excluding hydrogens is 207 g/mol. The summed E-state index contributed by atoms with van der Waals surface area (Å²) in [4.78, 5) is 0. The van der Waals surface area contributed by atoms with E-state index < -0.39 is 23.1 Å². The van der Waals surface area contributed by atoms with Gasteiger partial charge >= 0.3 is 0 Å².